The van der Waals surface area contributed by atoms with Crippen LogP contribution >= 0.6 is 15.9 Å². The summed E-state index contributed by atoms with van der Waals surface area (Å²) in [5, 5.41) is 12.8. The molecule has 1 aliphatic heterocycles. The predicted octanol–water partition coefficient (Wildman–Crippen LogP) is 1.88. The number of hydrogen-bond donors (Lipinski definition) is 2. The topological polar surface area (TPSA) is 61.3 Å². The molecule has 1 fully saturated rings. The second-order valence-electron chi connectivity index (χ2n) is 4.63. The summed E-state index contributed by atoms with van der Waals surface area (Å²) < 4.78 is 0.901. The molecular weight excluding hydrogens is 296 g/mol. The molecular formula is C12H19BrN4O. The van der Waals surface area contributed by atoms with Crippen molar-refractivity contribution in [2.45, 2.75) is 26.4 Å². The first kappa shape index (κ1) is 13.5. The van der Waals surface area contributed by atoms with E-state index in [9.17, 15) is 5.11 Å². The lowest BCUT2D eigenvalue weighted by Crippen LogP contribution is -2.25. The number of halogens is 1. The minimum atomic E-state index is -0.260. The lowest BCUT2D eigenvalue weighted by atomic mass is 10.0. The highest BCUT2D eigenvalue weighted by molar-refractivity contribution is 9.10. The van der Waals surface area contributed by atoms with E-state index in [2.05, 4.69) is 36.1 Å². The predicted molar refractivity (Wildman–Crippen MR) is 75.9 cm³/mol. The Bertz CT molecular complexity index is 413. The van der Waals surface area contributed by atoms with Crippen LogP contribution in [-0.4, -0.2) is 40.8 Å². The van der Waals surface area contributed by atoms with Gasteiger partial charge in [-0.3, -0.25) is 0 Å². The van der Waals surface area contributed by atoms with Crippen molar-refractivity contribution in [2.75, 3.05) is 29.9 Å². The standard InChI is InChI=1S/C12H19BrN4O/c1-3-14-11-10(13)12(16-7-15-11)17-5-4-9(6-17)8(2)18/h7-9,18H,3-6H2,1-2H3,(H,14,15,16). The second kappa shape index (κ2) is 5.84. The van der Waals surface area contributed by atoms with Crippen molar-refractivity contribution in [3.8, 4) is 0 Å². The molecule has 6 heteroatoms. The highest BCUT2D eigenvalue weighted by atomic mass is 79.9. The quantitative estimate of drug-likeness (QED) is 0.888. The number of aromatic nitrogens is 2. The van der Waals surface area contributed by atoms with Gasteiger partial charge in [-0.25, -0.2) is 9.97 Å². The zero-order valence-electron chi connectivity index (χ0n) is 10.7. The zero-order chi connectivity index (χ0) is 13.1. The Hall–Kier alpha value is -0.880. The zero-order valence-corrected chi connectivity index (χ0v) is 12.3. The average molecular weight is 315 g/mol. The summed E-state index contributed by atoms with van der Waals surface area (Å²) in [7, 11) is 0. The molecule has 0 amide bonds. The van der Waals surface area contributed by atoms with Gasteiger partial charge in [0.05, 0.1) is 6.10 Å². The molecule has 18 heavy (non-hydrogen) atoms. The monoisotopic (exact) mass is 314 g/mol. The van der Waals surface area contributed by atoms with Crippen molar-refractivity contribution in [1.29, 1.82) is 0 Å². The minimum Gasteiger partial charge on any atom is -0.393 e. The molecule has 2 rings (SSSR count). The van der Waals surface area contributed by atoms with Gasteiger partial charge in [-0.1, -0.05) is 0 Å². The Morgan fingerprint density at radius 1 is 1.61 bits per heavy atom. The van der Waals surface area contributed by atoms with Crippen LogP contribution in [0.4, 0.5) is 11.6 Å². The molecule has 2 unspecified atom stereocenters. The molecule has 2 N–H and O–H groups in total. The number of aliphatic hydroxyl groups excluding tert-OH is 1. The summed E-state index contributed by atoms with van der Waals surface area (Å²) in [4.78, 5) is 10.8. The third-order valence-electron chi connectivity index (χ3n) is 3.32. The van der Waals surface area contributed by atoms with Crippen LogP contribution in [-0.2, 0) is 0 Å². The van der Waals surface area contributed by atoms with Crippen molar-refractivity contribution < 1.29 is 5.11 Å². The van der Waals surface area contributed by atoms with Crippen LogP contribution in [0, 0.1) is 5.92 Å². The fourth-order valence-electron chi connectivity index (χ4n) is 2.25. The number of nitrogens with one attached hydrogen (secondary N) is 1. The molecule has 2 atom stereocenters. The highest BCUT2D eigenvalue weighted by Gasteiger charge is 2.28. The molecule has 0 bridgehead atoms. The number of hydrogen-bond acceptors (Lipinski definition) is 5. The summed E-state index contributed by atoms with van der Waals surface area (Å²) in [5.41, 5.74) is 0. The molecule has 1 aromatic heterocycles. The Morgan fingerprint density at radius 2 is 2.39 bits per heavy atom. The Morgan fingerprint density at radius 3 is 3.00 bits per heavy atom. The van der Waals surface area contributed by atoms with Gasteiger partial charge in [-0.15, -0.1) is 0 Å². The third kappa shape index (κ3) is 2.75. The molecule has 0 radical (unpaired) electrons. The first-order valence-corrected chi connectivity index (χ1v) is 7.10. The normalized spacial score (nSPS) is 21.1. The van der Waals surface area contributed by atoms with Gasteiger partial charge in [0.2, 0.25) is 0 Å². The number of nitrogens with zero attached hydrogens (tertiary/aromatic N) is 3. The van der Waals surface area contributed by atoms with Crippen LogP contribution in [0.2, 0.25) is 0 Å². The van der Waals surface area contributed by atoms with E-state index in [1.54, 1.807) is 6.33 Å². The molecule has 1 aromatic rings. The van der Waals surface area contributed by atoms with Crippen LogP contribution in [0.5, 0.6) is 0 Å². The molecule has 2 heterocycles. The van der Waals surface area contributed by atoms with Gasteiger partial charge in [0.25, 0.3) is 0 Å². The van der Waals surface area contributed by atoms with Gasteiger partial charge >= 0.3 is 0 Å². The van der Waals surface area contributed by atoms with E-state index in [4.69, 9.17) is 0 Å². The van der Waals surface area contributed by atoms with Gasteiger partial charge in [0.15, 0.2) is 0 Å². The van der Waals surface area contributed by atoms with E-state index in [0.717, 1.165) is 42.2 Å². The van der Waals surface area contributed by atoms with E-state index < -0.39 is 0 Å². The second-order valence-corrected chi connectivity index (χ2v) is 5.42. The number of aliphatic hydroxyl groups is 1. The Kier molecular flexibility index (Phi) is 4.40. The fraction of sp³-hybridized carbons (Fsp3) is 0.667. The van der Waals surface area contributed by atoms with Crippen molar-refractivity contribution >= 4 is 27.6 Å². The molecule has 0 saturated carbocycles. The largest absolute Gasteiger partial charge is 0.393 e. The fourth-order valence-corrected chi connectivity index (χ4v) is 2.84. The van der Waals surface area contributed by atoms with Crippen molar-refractivity contribution in [3.05, 3.63) is 10.8 Å². The molecule has 0 aromatic carbocycles. The van der Waals surface area contributed by atoms with Gasteiger partial charge < -0.3 is 15.3 Å². The van der Waals surface area contributed by atoms with Gasteiger partial charge in [0, 0.05) is 25.6 Å². The van der Waals surface area contributed by atoms with E-state index in [-0.39, 0.29) is 6.10 Å². The van der Waals surface area contributed by atoms with E-state index in [1.807, 2.05) is 13.8 Å². The highest BCUT2D eigenvalue weighted by Crippen LogP contribution is 2.33. The van der Waals surface area contributed by atoms with Crippen LogP contribution in [0.25, 0.3) is 0 Å². The molecule has 0 spiro atoms. The van der Waals surface area contributed by atoms with Crippen molar-refractivity contribution in [3.63, 3.8) is 0 Å². The van der Waals surface area contributed by atoms with Crippen LogP contribution in [0.1, 0.15) is 20.3 Å². The third-order valence-corrected chi connectivity index (χ3v) is 4.05. The van der Waals surface area contributed by atoms with E-state index >= 15 is 0 Å². The summed E-state index contributed by atoms with van der Waals surface area (Å²) in [6.45, 7) is 6.49. The lowest BCUT2D eigenvalue weighted by molar-refractivity contribution is 0.136. The molecule has 0 aliphatic carbocycles. The van der Waals surface area contributed by atoms with Gasteiger partial charge in [-0.2, -0.15) is 0 Å². The number of anilines is 2. The van der Waals surface area contributed by atoms with Crippen LogP contribution in [0.3, 0.4) is 0 Å². The summed E-state index contributed by atoms with van der Waals surface area (Å²) in [6.07, 6.45) is 2.32. The SMILES string of the molecule is CCNc1ncnc(N2CCC(C(C)O)C2)c1Br. The van der Waals surface area contributed by atoms with E-state index in [1.165, 1.54) is 0 Å². The Labute approximate surface area is 116 Å². The minimum absolute atomic E-state index is 0.260. The maximum Gasteiger partial charge on any atom is 0.148 e. The van der Waals surface area contributed by atoms with Gasteiger partial charge in [-0.05, 0) is 36.2 Å². The van der Waals surface area contributed by atoms with Crippen molar-refractivity contribution in [1.82, 2.24) is 9.97 Å². The van der Waals surface area contributed by atoms with Crippen LogP contribution < -0.4 is 10.2 Å². The molecule has 1 aliphatic rings. The molecule has 1 saturated heterocycles. The average Bonchev–Trinajstić information content (AvgIpc) is 2.81. The van der Waals surface area contributed by atoms with Gasteiger partial charge in [0.1, 0.15) is 22.4 Å². The maximum absolute atomic E-state index is 9.64. The summed E-state index contributed by atoms with van der Waals surface area (Å²) in [6, 6.07) is 0. The summed E-state index contributed by atoms with van der Waals surface area (Å²) >= 11 is 3.56. The van der Waals surface area contributed by atoms with Crippen LogP contribution in [0.15, 0.2) is 10.8 Å². The number of rotatable bonds is 4. The smallest absolute Gasteiger partial charge is 0.148 e. The maximum atomic E-state index is 9.64. The Balaban J connectivity index is 2.17. The molecule has 5 nitrogen and oxygen atoms in total. The summed E-state index contributed by atoms with van der Waals surface area (Å²) in [5.74, 6) is 2.06. The molecule has 100 valence electrons. The first-order valence-electron chi connectivity index (χ1n) is 6.30. The van der Waals surface area contributed by atoms with E-state index in [0.29, 0.717) is 5.92 Å². The first-order chi connectivity index (χ1) is 8.63. The lowest BCUT2D eigenvalue weighted by Gasteiger charge is -2.20. The van der Waals surface area contributed by atoms with Crippen molar-refractivity contribution in [2.24, 2.45) is 5.92 Å².